The highest BCUT2D eigenvalue weighted by atomic mass is 79.9. The molecule has 2 amide bonds. The van der Waals surface area contributed by atoms with Gasteiger partial charge in [-0.15, -0.1) is 11.8 Å². The fourth-order valence-corrected chi connectivity index (χ4v) is 4.57. The van der Waals surface area contributed by atoms with E-state index in [-0.39, 0.29) is 24.6 Å². The maximum Gasteiger partial charge on any atom is 0.352 e. The number of amides is 2. The molecule has 0 bridgehead atoms. The van der Waals surface area contributed by atoms with Crippen molar-refractivity contribution >= 4 is 51.4 Å². The number of nitrogens with zero attached hydrogens (tertiary/aromatic N) is 3. The third-order valence-corrected chi connectivity index (χ3v) is 6.33. The van der Waals surface area contributed by atoms with Crippen molar-refractivity contribution < 1.29 is 29.0 Å². The molecular formula is C16H17BrN4O6S. The average molecular weight is 473 g/mol. The van der Waals surface area contributed by atoms with Crippen LogP contribution in [0.15, 0.2) is 21.9 Å². The molecule has 28 heavy (non-hydrogen) atoms. The number of aromatic nitrogens is 2. The monoisotopic (exact) mass is 472 g/mol. The van der Waals surface area contributed by atoms with E-state index in [1.54, 1.807) is 13.1 Å². The number of β-lactam (4-membered cyclic amide) rings is 1. The molecule has 0 aromatic carbocycles. The molecule has 0 unspecified atom stereocenters. The fourth-order valence-electron chi connectivity index (χ4n) is 2.92. The maximum absolute atomic E-state index is 12.5. The maximum atomic E-state index is 12.5. The number of thioether (sulfide) groups is 1. The number of ether oxygens (including phenoxy) is 1. The van der Waals surface area contributed by atoms with Gasteiger partial charge in [-0.25, -0.2) is 4.79 Å². The molecule has 2 aliphatic heterocycles. The molecule has 0 aliphatic carbocycles. The van der Waals surface area contributed by atoms with Crippen LogP contribution in [-0.4, -0.2) is 67.3 Å². The Bertz CT molecular complexity index is 878. The summed E-state index contributed by atoms with van der Waals surface area (Å²) in [5.74, 6) is -2.45. The topological polar surface area (TPSA) is 131 Å². The molecule has 3 rings (SSSR count). The van der Waals surface area contributed by atoms with Gasteiger partial charge in [-0.2, -0.15) is 5.10 Å². The highest BCUT2D eigenvalue weighted by Crippen LogP contribution is 2.40. The number of hydrogen-bond acceptors (Lipinski definition) is 7. The minimum Gasteiger partial charge on any atom is -0.477 e. The molecule has 0 saturated carbocycles. The molecule has 2 aliphatic rings. The fraction of sp³-hybridized carbons (Fsp3) is 0.438. The van der Waals surface area contributed by atoms with Gasteiger partial charge in [0.1, 0.15) is 30.3 Å². The zero-order valence-electron chi connectivity index (χ0n) is 15.0. The minimum absolute atomic E-state index is 0.0626. The Morgan fingerprint density at radius 2 is 2.18 bits per heavy atom. The van der Waals surface area contributed by atoms with Gasteiger partial charge in [-0.05, 0) is 22.9 Å². The van der Waals surface area contributed by atoms with Gasteiger partial charge in [-0.1, -0.05) is 0 Å². The van der Waals surface area contributed by atoms with Gasteiger partial charge in [-0.3, -0.25) is 24.0 Å². The van der Waals surface area contributed by atoms with Crippen molar-refractivity contribution in [3.05, 3.63) is 27.6 Å². The highest BCUT2D eigenvalue weighted by molar-refractivity contribution is 9.10. The molecule has 10 nitrogen and oxygen atoms in total. The number of carboxylic acids is 1. The Morgan fingerprint density at radius 3 is 2.75 bits per heavy atom. The standard InChI is InChI=1S/C16H17BrN4O6S/c1-7-10(17)3-20(19-7)4-11(23)18-12-14(24)21-13(16(25)26)9(5-27-8(2)22)6-28-15(12)21/h3,12,15H,4-6H2,1-2H3,(H,18,23)(H,25,26)/t12-,15+/m0/s1. The van der Waals surface area contributed by atoms with Crippen LogP contribution in [0.4, 0.5) is 0 Å². The molecule has 3 heterocycles. The third-order valence-electron chi connectivity index (χ3n) is 4.21. The van der Waals surface area contributed by atoms with E-state index in [4.69, 9.17) is 4.74 Å². The number of hydrogen-bond donors (Lipinski definition) is 2. The van der Waals surface area contributed by atoms with Crippen LogP contribution in [0.5, 0.6) is 0 Å². The second-order valence-corrected chi connectivity index (χ2v) is 8.21. The summed E-state index contributed by atoms with van der Waals surface area (Å²) in [5, 5.41) is 15.8. The van der Waals surface area contributed by atoms with Crippen LogP contribution in [0.25, 0.3) is 0 Å². The van der Waals surface area contributed by atoms with E-state index in [9.17, 15) is 24.3 Å². The summed E-state index contributed by atoms with van der Waals surface area (Å²) in [5.41, 5.74) is 0.893. The zero-order valence-corrected chi connectivity index (χ0v) is 17.4. The number of rotatable bonds is 6. The van der Waals surface area contributed by atoms with Crippen LogP contribution in [-0.2, 0) is 30.5 Å². The van der Waals surface area contributed by atoms with E-state index in [2.05, 4.69) is 26.3 Å². The van der Waals surface area contributed by atoms with Crippen molar-refractivity contribution in [1.82, 2.24) is 20.0 Å². The smallest absolute Gasteiger partial charge is 0.352 e. The van der Waals surface area contributed by atoms with Crippen LogP contribution in [0, 0.1) is 6.92 Å². The molecule has 1 aromatic heterocycles. The van der Waals surface area contributed by atoms with Crippen molar-refractivity contribution in [2.75, 3.05) is 12.4 Å². The third kappa shape index (κ3) is 3.92. The SMILES string of the molecule is CC(=O)OCC1=C(C(=O)O)N2C(=O)[C@H](NC(=O)Cn3cc(Br)c(C)n3)[C@H]2SC1. The van der Waals surface area contributed by atoms with Crippen molar-refractivity contribution in [1.29, 1.82) is 0 Å². The van der Waals surface area contributed by atoms with Crippen molar-refractivity contribution in [3.8, 4) is 0 Å². The van der Waals surface area contributed by atoms with Crippen LogP contribution in [0.1, 0.15) is 12.6 Å². The Hall–Kier alpha value is -2.34. The van der Waals surface area contributed by atoms with Crippen LogP contribution < -0.4 is 5.32 Å². The summed E-state index contributed by atoms with van der Waals surface area (Å²) in [6.45, 7) is 2.76. The largest absolute Gasteiger partial charge is 0.477 e. The number of carboxylic acid groups (broad SMARTS) is 1. The minimum atomic E-state index is -1.28. The molecular weight excluding hydrogens is 456 g/mol. The van der Waals surface area contributed by atoms with E-state index in [1.165, 1.54) is 23.4 Å². The number of carbonyl (C=O) groups is 4. The normalized spacial score (nSPS) is 21.1. The van der Waals surface area contributed by atoms with E-state index < -0.39 is 35.2 Å². The first-order valence-corrected chi connectivity index (χ1v) is 10.1. The zero-order chi connectivity index (χ0) is 20.6. The number of aliphatic carboxylic acids is 1. The number of esters is 1. The second-order valence-electron chi connectivity index (χ2n) is 6.25. The first-order valence-electron chi connectivity index (χ1n) is 8.21. The molecule has 0 radical (unpaired) electrons. The quantitative estimate of drug-likeness (QED) is 0.445. The second kappa shape index (κ2) is 7.95. The lowest BCUT2D eigenvalue weighted by atomic mass is 10.0. The predicted octanol–water partition coefficient (Wildman–Crippen LogP) is 0.256. The Kier molecular flexibility index (Phi) is 5.79. The Labute approximate surface area is 172 Å². The van der Waals surface area contributed by atoms with Gasteiger partial charge in [0.2, 0.25) is 5.91 Å². The molecule has 1 fully saturated rings. The summed E-state index contributed by atoms with van der Waals surface area (Å²) in [6, 6.07) is -0.817. The van der Waals surface area contributed by atoms with E-state index >= 15 is 0 Å². The van der Waals surface area contributed by atoms with Gasteiger partial charge in [0.15, 0.2) is 0 Å². The van der Waals surface area contributed by atoms with Gasteiger partial charge >= 0.3 is 11.9 Å². The number of halogens is 1. The lowest BCUT2D eigenvalue weighted by Gasteiger charge is -2.49. The van der Waals surface area contributed by atoms with Gasteiger partial charge in [0, 0.05) is 24.4 Å². The molecule has 0 spiro atoms. The van der Waals surface area contributed by atoms with Crippen LogP contribution in [0.3, 0.4) is 0 Å². The average Bonchev–Trinajstić information content (AvgIpc) is 2.93. The van der Waals surface area contributed by atoms with Crippen molar-refractivity contribution in [2.24, 2.45) is 0 Å². The summed E-state index contributed by atoms with van der Waals surface area (Å²) in [6.07, 6.45) is 1.66. The molecule has 12 heteroatoms. The van der Waals surface area contributed by atoms with Gasteiger partial charge in [0.25, 0.3) is 5.91 Å². The Morgan fingerprint density at radius 1 is 1.46 bits per heavy atom. The number of fused-ring (bicyclic) bond motifs is 1. The lowest BCUT2D eigenvalue weighted by molar-refractivity contribution is -0.151. The van der Waals surface area contributed by atoms with Crippen LogP contribution in [0.2, 0.25) is 0 Å². The molecule has 2 atom stereocenters. The summed E-state index contributed by atoms with van der Waals surface area (Å²) >= 11 is 4.62. The van der Waals surface area contributed by atoms with Gasteiger partial charge in [0.05, 0.1) is 10.2 Å². The summed E-state index contributed by atoms with van der Waals surface area (Å²) in [4.78, 5) is 48.5. The van der Waals surface area contributed by atoms with Crippen molar-refractivity contribution in [2.45, 2.75) is 31.8 Å². The molecule has 1 saturated heterocycles. The van der Waals surface area contributed by atoms with Crippen molar-refractivity contribution in [3.63, 3.8) is 0 Å². The number of nitrogens with one attached hydrogen (secondary N) is 1. The molecule has 1 aromatic rings. The first-order chi connectivity index (χ1) is 13.2. The number of aryl methyl sites for hydroxylation is 1. The molecule has 2 N–H and O–H groups in total. The van der Waals surface area contributed by atoms with E-state index in [1.807, 2.05) is 0 Å². The lowest BCUT2D eigenvalue weighted by Crippen LogP contribution is -2.70. The summed E-state index contributed by atoms with van der Waals surface area (Å²) in [7, 11) is 0. The Balaban J connectivity index is 1.68. The number of carbonyl (C=O) groups excluding carboxylic acids is 3. The molecule has 150 valence electrons. The predicted molar refractivity (Wildman–Crippen MR) is 101 cm³/mol. The van der Waals surface area contributed by atoms with Gasteiger partial charge < -0.3 is 15.2 Å². The highest BCUT2D eigenvalue weighted by Gasteiger charge is 2.54. The first kappa shape index (κ1) is 20.4. The van der Waals surface area contributed by atoms with E-state index in [0.717, 1.165) is 15.1 Å². The van der Waals surface area contributed by atoms with E-state index in [0.29, 0.717) is 5.57 Å². The van der Waals surface area contributed by atoms with Crippen LogP contribution >= 0.6 is 27.7 Å². The summed E-state index contributed by atoms with van der Waals surface area (Å²) < 4.78 is 7.10.